The van der Waals surface area contributed by atoms with E-state index in [2.05, 4.69) is 79.5 Å². The molecule has 1 fully saturated rings. The molecule has 1 aliphatic heterocycles. The quantitative estimate of drug-likeness (QED) is 0.441. The zero-order chi connectivity index (χ0) is 21.1. The number of nitrogens with one attached hydrogen (secondary N) is 1. The maximum Gasteiger partial charge on any atom is 0.0432 e. The summed E-state index contributed by atoms with van der Waals surface area (Å²) in [5.74, 6) is 0. The molecule has 1 aliphatic rings. The first-order chi connectivity index (χ1) is 14.5. The number of rotatable bonds is 5. The Balaban J connectivity index is 0.00000272. The molecular weight excluding hydrogens is 423 g/mol. The molecule has 0 unspecified atom stereocenters. The average molecular weight is 455 g/mol. The number of hydrogen-bond acceptors (Lipinski definition) is 2. The molecular formula is C27H32Cl2N2. The predicted molar refractivity (Wildman–Crippen MR) is 137 cm³/mol. The van der Waals surface area contributed by atoms with Crippen LogP contribution in [0.25, 0.3) is 11.1 Å². The summed E-state index contributed by atoms with van der Waals surface area (Å²) in [7, 11) is 0. The Labute approximate surface area is 198 Å². The Morgan fingerprint density at radius 1 is 0.871 bits per heavy atom. The summed E-state index contributed by atoms with van der Waals surface area (Å²) in [6.07, 6.45) is 2.33. The Morgan fingerprint density at radius 2 is 1.52 bits per heavy atom. The molecule has 1 saturated heterocycles. The van der Waals surface area contributed by atoms with Crippen LogP contribution in [0.4, 0.5) is 5.69 Å². The summed E-state index contributed by atoms with van der Waals surface area (Å²) in [5, 5.41) is 4.28. The van der Waals surface area contributed by atoms with Crippen LogP contribution in [0.1, 0.15) is 35.1 Å². The van der Waals surface area contributed by atoms with Gasteiger partial charge in [-0.2, -0.15) is 0 Å². The van der Waals surface area contributed by atoms with Crippen LogP contribution >= 0.6 is 24.0 Å². The summed E-state index contributed by atoms with van der Waals surface area (Å²) in [5.41, 5.74) is 9.28. The largest absolute Gasteiger partial charge is 0.364 e. The van der Waals surface area contributed by atoms with E-state index in [9.17, 15) is 0 Å². The number of aryl methyl sites for hydroxylation is 2. The number of halogens is 2. The molecule has 0 amide bonds. The van der Waals surface area contributed by atoms with Crippen molar-refractivity contribution < 1.29 is 0 Å². The third-order valence-electron chi connectivity index (χ3n) is 6.45. The fraction of sp³-hybridized carbons (Fsp3) is 0.333. The summed E-state index contributed by atoms with van der Waals surface area (Å²) in [6, 6.07) is 22.5. The van der Waals surface area contributed by atoms with Crippen LogP contribution in [-0.4, -0.2) is 19.1 Å². The number of anilines is 1. The highest BCUT2D eigenvalue weighted by Gasteiger charge is 2.21. The maximum atomic E-state index is 6.16. The van der Waals surface area contributed by atoms with Crippen molar-refractivity contribution in [3.05, 3.63) is 87.9 Å². The van der Waals surface area contributed by atoms with E-state index in [-0.39, 0.29) is 12.4 Å². The number of piperidine rings is 1. The number of nitrogens with zero attached hydrogens (tertiary/aromatic N) is 1. The van der Waals surface area contributed by atoms with Gasteiger partial charge in [0, 0.05) is 23.3 Å². The van der Waals surface area contributed by atoms with E-state index in [0.29, 0.717) is 6.04 Å². The van der Waals surface area contributed by atoms with E-state index in [1.165, 1.54) is 51.9 Å². The highest BCUT2D eigenvalue weighted by atomic mass is 35.5. The Bertz CT molecular complexity index is 985. The van der Waals surface area contributed by atoms with E-state index in [1.807, 2.05) is 12.1 Å². The second kappa shape index (κ2) is 10.5. The molecule has 31 heavy (non-hydrogen) atoms. The van der Waals surface area contributed by atoms with Crippen molar-refractivity contribution in [1.82, 2.24) is 5.32 Å². The third-order valence-corrected chi connectivity index (χ3v) is 6.70. The van der Waals surface area contributed by atoms with Gasteiger partial charge in [-0.15, -0.1) is 12.4 Å². The minimum atomic E-state index is 0. The average Bonchev–Trinajstić information content (AvgIpc) is 2.77. The molecule has 0 aliphatic carbocycles. The van der Waals surface area contributed by atoms with Crippen molar-refractivity contribution in [2.45, 2.75) is 46.2 Å². The van der Waals surface area contributed by atoms with E-state index in [0.717, 1.165) is 24.7 Å². The summed E-state index contributed by atoms with van der Waals surface area (Å²) >= 11 is 6.16. The van der Waals surface area contributed by atoms with Gasteiger partial charge in [0.2, 0.25) is 0 Å². The van der Waals surface area contributed by atoms with Crippen LogP contribution in [0.5, 0.6) is 0 Å². The van der Waals surface area contributed by atoms with Gasteiger partial charge < -0.3 is 10.2 Å². The van der Waals surface area contributed by atoms with Crippen LogP contribution in [0.15, 0.2) is 60.7 Å². The lowest BCUT2D eigenvalue weighted by atomic mass is 9.95. The zero-order valence-corrected chi connectivity index (χ0v) is 20.2. The SMILES string of the molecule is Cc1cc(-c2cccc(CN(c3ccc(Cl)cc3)C3CCNCC3)c2)cc(C)c1C.Cl. The van der Waals surface area contributed by atoms with Crippen molar-refractivity contribution in [3.8, 4) is 11.1 Å². The molecule has 2 nitrogen and oxygen atoms in total. The fourth-order valence-electron chi connectivity index (χ4n) is 4.43. The topological polar surface area (TPSA) is 15.3 Å². The van der Waals surface area contributed by atoms with Crippen LogP contribution < -0.4 is 10.2 Å². The van der Waals surface area contributed by atoms with Gasteiger partial charge >= 0.3 is 0 Å². The van der Waals surface area contributed by atoms with Gasteiger partial charge in [0.25, 0.3) is 0 Å². The van der Waals surface area contributed by atoms with Crippen LogP contribution in [0, 0.1) is 20.8 Å². The monoisotopic (exact) mass is 454 g/mol. The molecule has 1 N–H and O–H groups in total. The number of hydrogen-bond donors (Lipinski definition) is 1. The van der Waals surface area contributed by atoms with Crippen LogP contribution in [0.2, 0.25) is 5.02 Å². The molecule has 0 saturated carbocycles. The smallest absolute Gasteiger partial charge is 0.0432 e. The molecule has 1 heterocycles. The first kappa shape index (κ1) is 23.7. The summed E-state index contributed by atoms with van der Waals surface area (Å²) < 4.78 is 0. The summed E-state index contributed by atoms with van der Waals surface area (Å²) in [4.78, 5) is 2.56. The van der Waals surface area contributed by atoms with Gasteiger partial charge in [-0.1, -0.05) is 41.9 Å². The second-order valence-electron chi connectivity index (χ2n) is 8.52. The van der Waals surface area contributed by atoms with Crippen molar-refractivity contribution in [2.75, 3.05) is 18.0 Å². The Hall–Kier alpha value is -2.00. The molecule has 4 rings (SSSR count). The highest BCUT2D eigenvalue weighted by molar-refractivity contribution is 6.30. The van der Waals surface area contributed by atoms with Gasteiger partial charge in [0.1, 0.15) is 0 Å². The van der Waals surface area contributed by atoms with Gasteiger partial charge in [0.15, 0.2) is 0 Å². The highest BCUT2D eigenvalue weighted by Crippen LogP contribution is 2.29. The van der Waals surface area contributed by atoms with Crippen LogP contribution in [-0.2, 0) is 6.54 Å². The van der Waals surface area contributed by atoms with Gasteiger partial charge in [-0.25, -0.2) is 0 Å². The Kier molecular flexibility index (Phi) is 8.05. The lowest BCUT2D eigenvalue weighted by Crippen LogP contribution is -2.43. The van der Waals surface area contributed by atoms with E-state index in [1.54, 1.807) is 0 Å². The minimum absolute atomic E-state index is 0. The molecule has 0 radical (unpaired) electrons. The van der Waals surface area contributed by atoms with Crippen molar-refractivity contribution >= 4 is 29.7 Å². The fourth-order valence-corrected chi connectivity index (χ4v) is 4.56. The standard InChI is InChI=1S/C27H31ClN2.ClH/c1-19-15-24(16-20(2)21(19)3)23-6-4-5-22(17-23)18-30(27-11-13-29-14-12-27)26-9-7-25(28)8-10-26;/h4-10,15-17,27,29H,11-14,18H2,1-3H3;1H. The second-order valence-corrected chi connectivity index (χ2v) is 8.96. The molecule has 0 atom stereocenters. The number of benzene rings is 3. The normalized spacial score (nSPS) is 14.2. The van der Waals surface area contributed by atoms with Crippen LogP contribution in [0.3, 0.4) is 0 Å². The van der Waals surface area contributed by atoms with E-state index < -0.39 is 0 Å². The van der Waals surface area contributed by atoms with Gasteiger partial charge in [-0.3, -0.25) is 0 Å². The van der Waals surface area contributed by atoms with E-state index in [4.69, 9.17) is 11.6 Å². The molecule has 0 aromatic heterocycles. The summed E-state index contributed by atoms with van der Waals surface area (Å²) in [6.45, 7) is 9.68. The van der Waals surface area contributed by atoms with Crippen molar-refractivity contribution in [2.24, 2.45) is 0 Å². The predicted octanol–water partition coefficient (Wildman–Crippen LogP) is 7.11. The Morgan fingerprint density at radius 3 is 2.16 bits per heavy atom. The van der Waals surface area contributed by atoms with Gasteiger partial charge in [-0.05, 0) is 110 Å². The third kappa shape index (κ3) is 5.63. The zero-order valence-electron chi connectivity index (χ0n) is 18.6. The molecule has 4 heteroatoms. The molecule has 164 valence electrons. The first-order valence-corrected chi connectivity index (χ1v) is 11.3. The molecule has 0 spiro atoms. The molecule has 3 aromatic carbocycles. The maximum absolute atomic E-state index is 6.16. The van der Waals surface area contributed by atoms with E-state index >= 15 is 0 Å². The first-order valence-electron chi connectivity index (χ1n) is 10.9. The minimum Gasteiger partial charge on any atom is -0.364 e. The molecule has 3 aromatic rings. The lowest BCUT2D eigenvalue weighted by molar-refractivity contribution is 0.428. The van der Waals surface area contributed by atoms with Crippen molar-refractivity contribution in [1.29, 1.82) is 0 Å². The van der Waals surface area contributed by atoms with Crippen molar-refractivity contribution in [3.63, 3.8) is 0 Å². The van der Waals surface area contributed by atoms with Gasteiger partial charge in [0.05, 0.1) is 0 Å². The lowest BCUT2D eigenvalue weighted by Gasteiger charge is -2.36. The molecule has 0 bridgehead atoms.